The average Bonchev–Trinajstić information content (AvgIpc) is 2.45. The van der Waals surface area contributed by atoms with Crippen LogP contribution in [0.4, 0.5) is 0 Å². The standard InChI is InChI=1S/C19H34O3/c1-4-5-6-7-8-9-11-14-17(2)15-12-10-13-16-19(21)22-18(3)20/h8-9,11,14,17,19,21H,4-7,10,12-13,15-16H2,1-3H3. The van der Waals surface area contributed by atoms with Crippen LogP contribution >= 0.6 is 0 Å². The van der Waals surface area contributed by atoms with Crippen molar-refractivity contribution in [3.05, 3.63) is 24.3 Å². The second kappa shape index (κ2) is 14.8. The van der Waals surface area contributed by atoms with Gasteiger partial charge in [0.25, 0.3) is 0 Å². The van der Waals surface area contributed by atoms with Gasteiger partial charge in [-0.1, -0.05) is 63.8 Å². The van der Waals surface area contributed by atoms with Crippen molar-refractivity contribution >= 4 is 5.97 Å². The highest BCUT2D eigenvalue weighted by Gasteiger charge is 2.06. The molecule has 0 saturated carbocycles. The second-order valence-corrected chi connectivity index (χ2v) is 5.99. The molecular formula is C19H34O3. The van der Waals surface area contributed by atoms with Gasteiger partial charge in [-0.25, -0.2) is 0 Å². The van der Waals surface area contributed by atoms with Crippen LogP contribution < -0.4 is 0 Å². The van der Waals surface area contributed by atoms with E-state index >= 15 is 0 Å². The van der Waals surface area contributed by atoms with Crippen molar-refractivity contribution in [2.75, 3.05) is 0 Å². The highest BCUT2D eigenvalue weighted by atomic mass is 16.6. The first-order valence-corrected chi connectivity index (χ1v) is 8.74. The van der Waals surface area contributed by atoms with Crippen LogP contribution in [0.1, 0.15) is 78.6 Å². The van der Waals surface area contributed by atoms with E-state index in [9.17, 15) is 9.90 Å². The molecule has 0 rings (SSSR count). The van der Waals surface area contributed by atoms with E-state index in [0.29, 0.717) is 12.3 Å². The molecule has 0 aliphatic rings. The lowest BCUT2D eigenvalue weighted by Gasteiger charge is -2.10. The molecule has 2 atom stereocenters. The van der Waals surface area contributed by atoms with Crippen molar-refractivity contribution < 1.29 is 14.6 Å². The molecule has 0 amide bonds. The largest absolute Gasteiger partial charge is 0.436 e. The van der Waals surface area contributed by atoms with Gasteiger partial charge in [-0.2, -0.15) is 0 Å². The minimum absolute atomic E-state index is 0.422. The van der Waals surface area contributed by atoms with E-state index in [2.05, 4.69) is 42.9 Å². The smallest absolute Gasteiger partial charge is 0.304 e. The van der Waals surface area contributed by atoms with Gasteiger partial charge in [0.15, 0.2) is 0 Å². The fourth-order valence-electron chi connectivity index (χ4n) is 2.25. The number of rotatable bonds is 13. The van der Waals surface area contributed by atoms with Crippen LogP contribution in [-0.2, 0) is 9.53 Å². The summed E-state index contributed by atoms with van der Waals surface area (Å²) in [6.07, 6.45) is 17.7. The zero-order valence-electron chi connectivity index (χ0n) is 14.6. The Balaban J connectivity index is 3.52. The summed E-state index contributed by atoms with van der Waals surface area (Å²) in [5, 5.41) is 9.39. The fourth-order valence-corrected chi connectivity index (χ4v) is 2.25. The molecular weight excluding hydrogens is 276 g/mol. The van der Waals surface area contributed by atoms with E-state index in [-0.39, 0.29) is 0 Å². The van der Waals surface area contributed by atoms with Gasteiger partial charge >= 0.3 is 5.97 Å². The Morgan fingerprint density at radius 2 is 1.82 bits per heavy atom. The van der Waals surface area contributed by atoms with E-state index in [1.165, 1.54) is 32.6 Å². The topological polar surface area (TPSA) is 46.5 Å². The third kappa shape index (κ3) is 15.3. The number of aliphatic hydroxyl groups excluding tert-OH is 1. The Morgan fingerprint density at radius 1 is 1.09 bits per heavy atom. The third-order valence-corrected chi connectivity index (χ3v) is 3.57. The molecule has 0 radical (unpaired) electrons. The molecule has 22 heavy (non-hydrogen) atoms. The molecule has 0 aliphatic heterocycles. The number of ether oxygens (including phenoxy) is 1. The van der Waals surface area contributed by atoms with Crippen LogP contribution in [0.2, 0.25) is 0 Å². The lowest BCUT2D eigenvalue weighted by Crippen LogP contribution is -2.14. The van der Waals surface area contributed by atoms with Gasteiger partial charge in [0, 0.05) is 13.3 Å². The average molecular weight is 310 g/mol. The summed E-state index contributed by atoms with van der Waals surface area (Å²) in [5.41, 5.74) is 0. The normalized spacial score (nSPS) is 14.5. The number of carbonyl (C=O) groups is 1. The van der Waals surface area contributed by atoms with E-state index in [1.807, 2.05) is 0 Å². The van der Waals surface area contributed by atoms with Crippen LogP contribution in [0, 0.1) is 5.92 Å². The van der Waals surface area contributed by atoms with Crippen LogP contribution in [0.3, 0.4) is 0 Å². The molecule has 0 aromatic carbocycles. The monoisotopic (exact) mass is 310 g/mol. The van der Waals surface area contributed by atoms with E-state index in [4.69, 9.17) is 0 Å². The van der Waals surface area contributed by atoms with Gasteiger partial charge in [0.05, 0.1) is 0 Å². The van der Waals surface area contributed by atoms with Crippen molar-refractivity contribution in [1.29, 1.82) is 0 Å². The third-order valence-electron chi connectivity index (χ3n) is 3.57. The van der Waals surface area contributed by atoms with Crippen molar-refractivity contribution in [2.45, 2.75) is 84.8 Å². The summed E-state index contributed by atoms with van der Waals surface area (Å²) in [5.74, 6) is 0.160. The maximum atomic E-state index is 10.6. The molecule has 0 bridgehead atoms. The summed E-state index contributed by atoms with van der Waals surface area (Å²) >= 11 is 0. The maximum Gasteiger partial charge on any atom is 0.304 e. The van der Waals surface area contributed by atoms with Crippen molar-refractivity contribution in [1.82, 2.24) is 0 Å². The molecule has 128 valence electrons. The van der Waals surface area contributed by atoms with Crippen LogP contribution in [-0.4, -0.2) is 17.4 Å². The molecule has 0 aromatic heterocycles. The van der Waals surface area contributed by atoms with Gasteiger partial charge in [-0.05, 0) is 31.6 Å². The molecule has 0 aromatic rings. The SMILES string of the molecule is CCCCCC=CC=CC(C)CCCCCC(O)OC(C)=O. The summed E-state index contributed by atoms with van der Waals surface area (Å²) in [4.78, 5) is 10.6. The summed E-state index contributed by atoms with van der Waals surface area (Å²) in [6.45, 7) is 5.77. The first-order chi connectivity index (χ1) is 10.6. The Bertz CT molecular complexity index is 321. The molecule has 3 nitrogen and oxygen atoms in total. The van der Waals surface area contributed by atoms with Crippen molar-refractivity contribution in [3.8, 4) is 0 Å². The zero-order chi connectivity index (χ0) is 16.6. The van der Waals surface area contributed by atoms with Gasteiger partial charge in [-0.15, -0.1) is 0 Å². The summed E-state index contributed by atoms with van der Waals surface area (Å²) < 4.78 is 4.68. The summed E-state index contributed by atoms with van der Waals surface area (Å²) in [7, 11) is 0. The molecule has 0 fully saturated rings. The number of carbonyl (C=O) groups excluding carboxylic acids is 1. The van der Waals surface area contributed by atoms with Crippen LogP contribution in [0.5, 0.6) is 0 Å². The van der Waals surface area contributed by atoms with E-state index in [0.717, 1.165) is 25.7 Å². The minimum atomic E-state index is -0.937. The lowest BCUT2D eigenvalue weighted by atomic mass is 10.0. The summed E-state index contributed by atoms with van der Waals surface area (Å²) in [6, 6.07) is 0. The zero-order valence-corrected chi connectivity index (χ0v) is 14.6. The number of hydrogen-bond donors (Lipinski definition) is 1. The van der Waals surface area contributed by atoms with Crippen LogP contribution in [0.15, 0.2) is 24.3 Å². The Hall–Kier alpha value is -1.09. The quantitative estimate of drug-likeness (QED) is 0.221. The first-order valence-electron chi connectivity index (χ1n) is 8.74. The molecule has 3 heteroatoms. The Morgan fingerprint density at radius 3 is 2.50 bits per heavy atom. The number of hydrogen-bond acceptors (Lipinski definition) is 3. The molecule has 0 heterocycles. The van der Waals surface area contributed by atoms with Gasteiger partial charge < -0.3 is 9.84 Å². The number of aliphatic hydroxyl groups is 1. The molecule has 0 aliphatic carbocycles. The van der Waals surface area contributed by atoms with Crippen molar-refractivity contribution in [2.24, 2.45) is 5.92 Å². The lowest BCUT2D eigenvalue weighted by molar-refractivity contribution is -0.165. The Labute approximate surface area is 136 Å². The molecule has 1 N–H and O–H groups in total. The van der Waals surface area contributed by atoms with Gasteiger partial charge in [0.1, 0.15) is 0 Å². The fraction of sp³-hybridized carbons (Fsp3) is 0.737. The molecule has 2 unspecified atom stereocenters. The van der Waals surface area contributed by atoms with E-state index in [1.54, 1.807) is 0 Å². The second-order valence-electron chi connectivity index (χ2n) is 5.99. The number of unbranched alkanes of at least 4 members (excludes halogenated alkanes) is 5. The molecule has 0 spiro atoms. The first kappa shape index (κ1) is 20.9. The Kier molecular flexibility index (Phi) is 14.1. The van der Waals surface area contributed by atoms with Gasteiger partial charge in [-0.3, -0.25) is 4.79 Å². The maximum absolute atomic E-state index is 10.6. The van der Waals surface area contributed by atoms with Gasteiger partial charge in [0.2, 0.25) is 6.29 Å². The molecule has 0 saturated heterocycles. The number of esters is 1. The van der Waals surface area contributed by atoms with E-state index < -0.39 is 12.3 Å². The predicted octanol–water partition coefficient (Wildman–Crippen LogP) is 5.15. The minimum Gasteiger partial charge on any atom is -0.436 e. The number of allylic oxidation sites excluding steroid dienone is 4. The highest BCUT2D eigenvalue weighted by molar-refractivity contribution is 5.65. The highest BCUT2D eigenvalue weighted by Crippen LogP contribution is 2.13. The predicted molar refractivity (Wildman–Crippen MR) is 92.4 cm³/mol. The van der Waals surface area contributed by atoms with Crippen molar-refractivity contribution in [3.63, 3.8) is 0 Å². The van der Waals surface area contributed by atoms with Crippen LogP contribution in [0.25, 0.3) is 0 Å².